The highest BCUT2D eigenvalue weighted by Crippen LogP contribution is 2.15. The summed E-state index contributed by atoms with van der Waals surface area (Å²) in [5.74, 6) is 0.444. The summed E-state index contributed by atoms with van der Waals surface area (Å²) in [4.78, 5) is 11.9. The second-order valence-electron chi connectivity index (χ2n) is 5.84. The summed E-state index contributed by atoms with van der Waals surface area (Å²) in [6.07, 6.45) is 1.52. The van der Waals surface area contributed by atoms with Gasteiger partial charge in [0.05, 0.1) is 0 Å². The van der Waals surface area contributed by atoms with Gasteiger partial charge < -0.3 is 4.74 Å². The van der Waals surface area contributed by atoms with E-state index in [1.54, 1.807) is 0 Å². The fourth-order valence-electron chi connectivity index (χ4n) is 2.41. The first-order chi connectivity index (χ1) is 11.6. The van der Waals surface area contributed by atoms with Crippen LogP contribution >= 0.6 is 0 Å². The Bertz CT molecular complexity index is 689. The van der Waals surface area contributed by atoms with Gasteiger partial charge >= 0.3 is 0 Å². The number of carbonyl (C=O) groups is 1. The van der Waals surface area contributed by atoms with Crippen LogP contribution in [0, 0.1) is 13.8 Å². The molecule has 0 radical (unpaired) electrons. The van der Waals surface area contributed by atoms with Gasteiger partial charge in [0, 0.05) is 12.1 Å². The van der Waals surface area contributed by atoms with Crippen LogP contribution in [0.25, 0.3) is 0 Å². The lowest BCUT2D eigenvalue weighted by molar-refractivity contribution is -0.123. The number of rotatable bonds is 7. The molecule has 0 aliphatic carbocycles. The largest absolute Gasteiger partial charge is 0.484 e. The molecular formula is C20H24N2O2. The van der Waals surface area contributed by atoms with E-state index >= 15 is 0 Å². The number of benzene rings is 2. The number of hydrazone groups is 1. The topological polar surface area (TPSA) is 50.7 Å². The standard InChI is InChI=1S/C20H24N2O2/c1-4-18(13-17-8-6-5-7-9-17)21-22-20(23)14-24-19-11-15(2)10-16(3)12-19/h5-12H,4,13-14H2,1-3H3,(H,22,23)/b21-18-. The number of hydrogen-bond donors (Lipinski definition) is 1. The smallest absolute Gasteiger partial charge is 0.277 e. The number of hydrogen-bond acceptors (Lipinski definition) is 3. The summed E-state index contributed by atoms with van der Waals surface area (Å²) in [5.41, 5.74) is 6.91. The van der Waals surface area contributed by atoms with Crippen LogP contribution in [0.15, 0.2) is 53.6 Å². The summed E-state index contributed by atoms with van der Waals surface area (Å²) in [7, 11) is 0. The molecule has 24 heavy (non-hydrogen) atoms. The zero-order valence-electron chi connectivity index (χ0n) is 14.5. The van der Waals surface area contributed by atoms with Crippen molar-refractivity contribution < 1.29 is 9.53 Å². The molecule has 0 unspecified atom stereocenters. The molecule has 2 rings (SSSR count). The second kappa shape index (κ2) is 8.87. The Labute approximate surface area is 143 Å². The summed E-state index contributed by atoms with van der Waals surface area (Å²) in [6, 6.07) is 16.0. The van der Waals surface area contributed by atoms with E-state index in [-0.39, 0.29) is 12.5 Å². The summed E-state index contributed by atoms with van der Waals surface area (Å²) >= 11 is 0. The second-order valence-corrected chi connectivity index (χ2v) is 5.84. The molecule has 1 N–H and O–H groups in total. The molecule has 0 aromatic heterocycles. The molecule has 4 nitrogen and oxygen atoms in total. The van der Waals surface area contributed by atoms with Crippen molar-refractivity contribution in [1.29, 1.82) is 0 Å². The molecule has 0 aliphatic heterocycles. The third-order valence-electron chi connectivity index (χ3n) is 3.56. The zero-order chi connectivity index (χ0) is 17.4. The summed E-state index contributed by atoms with van der Waals surface area (Å²) in [6.45, 7) is 5.98. The average Bonchev–Trinajstić information content (AvgIpc) is 2.57. The minimum absolute atomic E-state index is 0.0469. The fourth-order valence-corrected chi connectivity index (χ4v) is 2.41. The Morgan fingerprint density at radius 1 is 1.08 bits per heavy atom. The van der Waals surface area contributed by atoms with Crippen molar-refractivity contribution in [3.63, 3.8) is 0 Å². The molecule has 0 saturated heterocycles. The Morgan fingerprint density at radius 2 is 1.75 bits per heavy atom. The van der Waals surface area contributed by atoms with Crippen LogP contribution in [0.4, 0.5) is 0 Å². The molecular weight excluding hydrogens is 300 g/mol. The van der Waals surface area contributed by atoms with Gasteiger partial charge in [0.2, 0.25) is 0 Å². The van der Waals surface area contributed by atoms with Gasteiger partial charge in [0.15, 0.2) is 6.61 Å². The van der Waals surface area contributed by atoms with Crippen molar-refractivity contribution in [3.05, 3.63) is 65.2 Å². The number of aryl methyl sites for hydroxylation is 2. The molecule has 0 atom stereocenters. The van der Waals surface area contributed by atoms with Crippen LogP contribution in [0.5, 0.6) is 5.75 Å². The van der Waals surface area contributed by atoms with Gasteiger partial charge in [-0.15, -0.1) is 0 Å². The van der Waals surface area contributed by atoms with E-state index in [1.165, 1.54) is 5.56 Å². The van der Waals surface area contributed by atoms with Gasteiger partial charge in [-0.2, -0.15) is 5.10 Å². The minimum atomic E-state index is -0.256. The molecule has 0 spiro atoms. The van der Waals surface area contributed by atoms with Crippen LogP contribution < -0.4 is 10.2 Å². The number of nitrogens with zero attached hydrogens (tertiary/aromatic N) is 1. The Balaban J connectivity index is 1.86. The van der Waals surface area contributed by atoms with Crippen molar-refractivity contribution in [1.82, 2.24) is 5.43 Å². The van der Waals surface area contributed by atoms with Crippen molar-refractivity contribution in [2.75, 3.05) is 6.61 Å². The van der Waals surface area contributed by atoms with Gasteiger partial charge in [-0.1, -0.05) is 43.3 Å². The van der Waals surface area contributed by atoms with Crippen LogP contribution in [0.2, 0.25) is 0 Å². The van der Waals surface area contributed by atoms with E-state index in [1.807, 2.05) is 51.1 Å². The van der Waals surface area contributed by atoms with E-state index in [2.05, 4.69) is 28.7 Å². The number of ether oxygens (including phenoxy) is 1. The molecule has 1 amide bonds. The highest BCUT2D eigenvalue weighted by atomic mass is 16.5. The lowest BCUT2D eigenvalue weighted by Gasteiger charge is -2.08. The van der Waals surface area contributed by atoms with E-state index in [4.69, 9.17) is 4.74 Å². The molecule has 0 heterocycles. The Hall–Kier alpha value is -2.62. The normalized spacial score (nSPS) is 11.2. The van der Waals surface area contributed by atoms with Crippen molar-refractivity contribution in [2.45, 2.75) is 33.6 Å². The highest BCUT2D eigenvalue weighted by Gasteiger charge is 2.04. The van der Waals surface area contributed by atoms with E-state index in [0.717, 1.165) is 29.7 Å². The zero-order valence-corrected chi connectivity index (χ0v) is 14.5. The van der Waals surface area contributed by atoms with E-state index in [9.17, 15) is 4.79 Å². The monoisotopic (exact) mass is 324 g/mol. The molecule has 4 heteroatoms. The summed E-state index contributed by atoms with van der Waals surface area (Å²) < 4.78 is 5.53. The van der Waals surface area contributed by atoms with Crippen molar-refractivity contribution in [2.24, 2.45) is 5.10 Å². The summed E-state index contributed by atoms with van der Waals surface area (Å²) in [5, 5.41) is 4.22. The Morgan fingerprint density at radius 3 is 2.38 bits per heavy atom. The first-order valence-corrected chi connectivity index (χ1v) is 8.16. The van der Waals surface area contributed by atoms with Gasteiger partial charge in [-0.25, -0.2) is 5.43 Å². The van der Waals surface area contributed by atoms with Crippen LogP contribution in [0.3, 0.4) is 0 Å². The maximum absolute atomic E-state index is 11.9. The third-order valence-corrected chi connectivity index (χ3v) is 3.56. The predicted octanol–water partition coefficient (Wildman–Crippen LogP) is 3.81. The van der Waals surface area contributed by atoms with Gasteiger partial charge in [0.1, 0.15) is 5.75 Å². The minimum Gasteiger partial charge on any atom is -0.484 e. The first-order valence-electron chi connectivity index (χ1n) is 8.16. The third kappa shape index (κ3) is 5.88. The molecule has 0 aliphatic rings. The molecule has 0 saturated carbocycles. The van der Waals surface area contributed by atoms with Gasteiger partial charge in [-0.05, 0) is 49.1 Å². The van der Waals surface area contributed by atoms with Crippen LogP contribution in [0.1, 0.15) is 30.0 Å². The fraction of sp³-hybridized carbons (Fsp3) is 0.300. The van der Waals surface area contributed by atoms with Gasteiger partial charge in [0.25, 0.3) is 5.91 Å². The predicted molar refractivity (Wildman–Crippen MR) is 97.4 cm³/mol. The highest BCUT2D eigenvalue weighted by molar-refractivity contribution is 5.88. The maximum Gasteiger partial charge on any atom is 0.277 e. The van der Waals surface area contributed by atoms with Gasteiger partial charge in [-0.3, -0.25) is 4.79 Å². The average molecular weight is 324 g/mol. The molecule has 0 fully saturated rings. The molecule has 2 aromatic carbocycles. The van der Waals surface area contributed by atoms with Crippen molar-refractivity contribution >= 4 is 11.6 Å². The SMILES string of the molecule is CC/C(Cc1ccccc1)=N/NC(=O)COc1cc(C)cc(C)c1. The number of amides is 1. The lowest BCUT2D eigenvalue weighted by Crippen LogP contribution is -2.26. The van der Waals surface area contributed by atoms with E-state index in [0.29, 0.717) is 5.75 Å². The number of carbonyl (C=O) groups excluding carboxylic acids is 1. The Kier molecular flexibility index (Phi) is 6.55. The van der Waals surface area contributed by atoms with Crippen molar-refractivity contribution in [3.8, 4) is 5.75 Å². The lowest BCUT2D eigenvalue weighted by atomic mass is 10.1. The van der Waals surface area contributed by atoms with Crippen LogP contribution in [-0.4, -0.2) is 18.2 Å². The van der Waals surface area contributed by atoms with E-state index < -0.39 is 0 Å². The van der Waals surface area contributed by atoms with Crippen LogP contribution in [-0.2, 0) is 11.2 Å². The first kappa shape index (κ1) is 17.7. The molecule has 126 valence electrons. The quantitative estimate of drug-likeness (QED) is 0.622. The number of nitrogens with one attached hydrogen (secondary N) is 1. The molecule has 2 aromatic rings. The maximum atomic E-state index is 11.9. The molecule has 0 bridgehead atoms.